The zero-order chi connectivity index (χ0) is 14.8. The van der Waals surface area contributed by atoms with E-state index in [1.807, 2.05) is 6.20 Å². The lowest BCUT2D eigenvalue weighted by Gasteiger charge is -2.07. The Kier molecular flexibility index (Phi) is 4.06. The molecule has 4 heteroatoms. The third-order valence-electron chi connectivity index (χ3n) is 4.25. The second-order valence-electron chi connectivity index (χ2n) is 5.97. The molecule has 0 aromatic carbocycles. The highest BCUT2D eigenvalue weighted by atomic mass is 15.3. The summed E-state index contributed by atoms with van der Waals surface area (Å²) in [6.07, 6.45) is 5.67. The molecule has 0 amide bonds. The van der Waals surface area contributed by atoms with Crippen LogP contribution in [0, 0.1) is 13.8 Å². The van der Waals surface area contributed by atoms with Gasteiger partial charge in [-0.15, -0.1) is 0 Å². The Balaban J connectivity index is 1.66. The van der Waals surface area contributed by atoms with E-state index >= 15 is 0 Å². The maximum Gasteiger partial charge on any atom is 0.0834 e. The maximum absolute atomic E-state index is 4.63. The lowest BCUT2D eigenvalue weighted by Crippen LogP contribution is -2.15. The first-order valence-corrected chi connectivity index (χ1v) is 7.87. The highest BCUT2D eigenvalue weighted by Gasteiger charge is 2.19. The molecule has 0 bridgehead atoms. The standard InChI is InChI=1S/C17H24N4/c1-4-17-12(2)20-21(13(17)3)11-16-6-5-14(10-19-16)9-18-15-7-8-15/h5-6,10,15,18H,4,7-9,11H2,1-3H3. The smallest absolute Gasteiger partial charge is 0.0834 e. The Labute approximate surface area is 126 Å². The Morgan fingerprint density at radius 2 is 2.10 bits per heavy atom. The lowest BCUT2D eigenvalue weighted by molar-refractivity contribution is 0.643. The van der Waals surface area contributed by atoms with E-state index in [2.05, 4.69) is 53.0 Å². The van der Waals surface area contributed by atoms with Crippen LogP contribution in [0.1, 0.15) is 48.0 Å². The molecule has 0 atom stereocenters. The van der Waals surface area contributed by atoms with Gasteiger partial charge in [0, 0.05) is 24.5 Å². The van der Waals surface area contributed by atoms with Crippen LogP contribution >= 0.6 is 0 Å². The number of pyridine rings is 1. The highest BCUT2D eigenvalue weighted by Crippen LogP contribution is 2.19. The number of aryl methyl sites for hydroxylation is 1. The SMILES string of the molecule is CCc1c(C)nn(Cc2ccc(CNC3CC3)cn2)c1C. The summed E-state index contributed by atoms with van der Waals surface area (Å²) in [4.78, 5) is 4.58. The van der Waals surface area contributed by atoms with Gasteiger partial charge in [0.05, 0.1) is 17.9 Å². The van der Waals surface area contributed by atoms with Gasteiger partial charge in [-0.05, 0) is 50.3 Å². The molecule has 1 saturated carbocycles. The largest absolute Gasteiger partial charge is 0.310 e. The van der Waals surface area contributed by atoms with Gasteiger partial charge >= 0.3 is 0 Å². The second kappa shape index (κ2) is 5.98. The third kappa shape index (κ3) is 3.32. The molecule has 0 saturated heterocycles. The summed E-state index contributed by atoms with van der Waals surface area (Å²) in [5.41, 5.74) is 6.09. The molecule has 112 valence electrons. The summed E-state index contributed by atoms with van der Waals surface area (Å²) in [7, 11) is 0. The van der Waals surface area contributed by atoms with E-state index in [4.69, 9.17) is 0 Å². The minimum Gasteiger partial charge on any atom is -0.310 e. The zero-order valence-electron chi connectivity index (χ0n) is 13.2. The van der Waals surface area contributed by atoms with Crippen LogP contribution in [0.15, 0.2) is 18.3 Å². The molecule has 0 aliphatic heterocycles. The van der Waals surface area contributed by atoms with Crippen molar-refractivity contribution in [3.8, 4) is 0 Å². The summed E-state index contributed by atoms with van der Waals surface area (Å²) in [5.74, 6) is 0. The van der Waals surface area contributed by atoms with E-state index < -0.39 is 0 Å². The Bertz CT molecular complexity index is 608. The highest BCUT2D eigenvalue weighted by molar-refractivity contribution is 5.25. The fourth-order valence-electron chi connectivity index (χ4n) is 2.76. The minimum absolute atomic E-state index is 0.742. The molecule has 2 heterocycles. The van der Waals surface area contributed by atoms with Crippen LogP contribution in [0.25, 0.3) is 0 Å². The Morgan fingerprint density at radius 1 is 1.29 bits per heavy atom. The van der Waals surface area contributed by atoms with E-state index in [1.165, 1.54) is 29.7 Å². The molecule has 1 aliphatic rings. The van der Waals surface area contributed by atoms with Gasteiger partial charge in [0.15, 0.2) is 0 Å². The minimum atomic E-state index is 0.742. The quantitative estimate of drug-likeness (QED) is 0.887. The van der Waals surface area contributed by atoms with Crippen molar-refractivity contribution in [2.24, 2.45) is 0 Å². The van der Waals surface area contributed by atoms with Crippen molar-refractivity contribution >= 4 is 0 Å². The van der Waals surface area contributed by atoms with Gasteiger partial charge in [0.2, 0.25) is 0 Å². The number of nitrogens with zero attached hydrogens (tertiary/aromatic N) is 3. The van der Waals surface area contributed by atoms with Gasteiger partial charge in [-0.3, -0.25) is 9.67 Å². The molecule has 3 rings (SSSR count). The molecule has 0 radical (unpaired) electrons. The van der Waals surface area contributed by atoms with Gasteiger partial charge in [0.25, 0.3) is 0 Å². The van der Waals surface area contributed by atoms with Crippen LogP contribution in [-0.4, -0.2) is 20.8 Å². The molecule has 0 spiro atoms. The van der Waals surface area contributed by atoms with Crippen LogP contribution in [0.5, 0.6) is 0 Å². The summed E-state index contributed by atoms with van der Waals surface area (Å²) in [6, 6.07) is 5.03. The third-order valence-corrected chi connectivity index (χ3v) is 4.25. The van der Waals surface area contributed by atoms with Crippen molar-refractivity contribution in [3.63, 3.8) is 0 Å². The van der Waals surface area contributed by atoms with Crippen LogP contribution in [-0.2, 0) is 19.5 Å². The number of aromatic nitrogens is 3. The van der Waals surface area contributed by atoms with Crippen LogP contribution < -0.4 is 5.32 Å². The van der Waals surface area contributed by atoms with Crippen molar-refractivity contribution < 1.29 is 0 Å². The maximum atomic E-state index is 4.63. The van der Waals surface area contributed by atoms with Gasteiger partial charge in [-0.25, -0.2) is 0 Å². The first-order valence-electron chi connectivity index (χ1n) is 7.87. The normalized spacial score (nSPS) is 14.6. The summed E-state index contributed by atoms with van der Waals surface area (Å²) in [6.45, 7) is 8.09. The summed E-state index contributed by atoms with van der Waals surface area (Å²) < 4.78 is 2.07. The molecule has 21 heavy (non-hydrogen) atoms. The predicted octanol–water partition coefficient (Wildman–Crippen LogP) is 2.76. The number of hydrogen-bond donors (Lipinski definition) is 1. The fraction of sp³-hybridized carbons (Fsp3) is 0.529. The van der Waals surface area contributed by atoms with Gasteiger partial charge in [-0.1, -0.05) is 13.0 Å². The van der Waals surface area contributed by atoms with E-state index in [0.717, 1.165) is 36.9 Å². The number of rotatable bonds is 6. The van der Waals surface area contributed by atoms with Crippen LogP contribution in [0.4, 0.5) is 0 Å². The summed E-state index contributed by atoms with van der Waals surface area (Å²) >= 11 is 0. The lowest BCUT2D eigenvalue weighted by atomic mass is 10.1. The number of hydrogen-bond acceptors (Lipinski definition) is 3. The molecule has 1 aliphatic carbocycles. The second-order valence-corrected chi connectivity index (χ2v) is 5.97. The molecule has 1 fully saturated rings. The summed E-state index contributed by atoms with van der Waals surface area (Å²) in [5, 5.41) is 8.14. The van der Waals surface area contributed by atoms with Crippen LogP contribution in [0.2, 0.25) is 0 Å². The molecular formula is C17H24N4. The molecule has 1 N–H and O–H groups in total. The zero-order valence-corrected chi connectivity index (χ0v) is 13.2. The molecule has 4 nitrogen and oxygen atoms in total. The fourth-order valence-corrected chi connectivity index (χ4v) is 2.76. The van der Waals surface area contributed by atoms with Crippen molar-refractivity contribution in [2.75, 3.05) is 0 Å². The van der Waals surface area contributed by atoms with E-state index in [1.54, 1.807) is 0 Å². The Morgan fingerprint density at radius 3 is 2.67 bits per heavy atom. The van der Waals surface area contributed by atoms with Gasteiger partial charge < -0.3 is 5.32 Å². The van der Waals surface area contributed by atoms with E-state index in [0.29, 0.717) is 0 Å². The van der Waals surface area contributed by atoms with Crippen molar-refractivity contribution in [2.45, 2.75) is 59.2 Å². The van der Waals surface area contributed by atoms with Gasteiger partial charge in [-0.2, -0.15) is 5.10 Å². The Hall–Kier alpha value is -1.68. The van der Waals surface area contributed by atoms with E-state index in [-0.39, 0.29) is 0 Å². The monoisotopic (exact) mass is 284 g/mol. The first kappa shape index (κ1) is 14.3. The molecular weight excluding hydrogens is 260 g/mol. The van der Waals surface area contributed by atoms with Gasteiger partial charge in [0.1, 0.15) is 0 Å². The predicted molar refractivity (Wildman–Crippen MR) is 84.3 cm³/mol. The molecule has 2 aromatic heterocycles. The number of nitrogens with one attached hydrogen (secondary N) is 1. The first-order chi connectivity index (χ1) is 10.2. The topological polar surface area (TPSA) is 42.7 Å². The average Bonchev–Trinajstić information content (AvgIpc) is 3.26. The molecule has 0 unspecified atom stereocenters. The van der Waals surface area contributed by atoms with E-state index in [9.17, 15) is 0 Å². The van der Waals surface area contributed by atoms with Crippen LogP contribution in [0.3, 0.4) is 0 Å². The molecule has 2 aromatic rings. The average molecular weight is 284 g/mol. The van der Waals surface area contributed by atoms with Crippen molar-refractivity contribution in [3.05, 3.63) is 46.5 Å². The van der Waals surface area contributed by atoms with Crippen molar-refractivity contribution in [1.82, 2.24) is 20.1 Å². The van der Waals surface area contributed by atoms with Crippen molar-refractivity contribution in [1.29, 1.82) is 0 Å².